The summed E-state index contributed by atoms with van der Waals surface area (Å²) < 4.78 is 19.0. The van der Waals surface area contributed by atoms with Gasteiger partial charge in [0.25, 0.3) is 0 Å². The molecule has 3 rings (SSSR count). The van der Waals surface area contributed by atoms with Crippen LogP contribution in [0.5, 0.6) is 0 Å². The fraction of sp³-hybridized carbons (Fsp3) is 0.381. The van der Waals surface area contributed by atoms with Crippen LogP contribution in [0.2, 0.25) is 5.02 Å². The Labute approximate surface area is 169 Å². The summed E-state index contributed by atoms with van der Waals surface area (Å²) in [5, 5.41) is 14.9. The molecule has 2 atom stereocenters. The maximum absolute atomic E-state index is 14.0. The summed E-state index contributed by atoms with van der Waals surface area (Å²) in [6, 6.07) is 14.1. The Morgan fingerprint density at radius 2 is 2.14 bits per heavy atom. The van der Waals surface area contributed by atoms with Crippen molar-refractivity contribution >= 4 is 17.3 Å². The zero-order valence-electron chi connectivity index (χ0n) is 15.7. The highest BCUT2D eigenvalue weighted by Gasteiger charge is 2.27. The lowest BCUT2D eigenvalue weighted by molar-refractivity contribution is 0.00922. The highest BCUT2D eigenvalue weighted by Crippen LogP contribution is 2.21. The summed E-state index contributed by atoms with van der Waals surface area (Å²) in [7, 11) is 1.55. The predicted octanol–water partition coefficient (Wildman–Crippen LogP) is 3.48. The number of hydrogen-bond acceptors (Lipinski definition) is 5. The number of methoxy groups -OCH3 is 1. The molecule has 28 heavy (non-hydrogen) atoms. The van der Waals surface area contributed by atoms with E-state index in [0.29, 0.717) is 42.4 Å². The van der Waals surface area contributed by atoms with Crippen LogP contribution in [0.15, 0.2) is 53.7 Å². The van der Waals surface area contributed by atoms with E-state index in [2.05, 4.69) is 10.1 Å². The molecule has 1 N–H and O–H groups in total. The number of hydrogen-bond donors (Lipinski definition) is 1. The fourth-order valence-corrected chi connectivity index (χ4v) is 3.52. The number of benzene rings is 2. The van der Waals surface area contributed by atoms with Crippen LogP contribution in [0.4, 0.5) is 4.39 Å². The van der Waals surface area contributed by atoms with Crippen LogP contribution in [-0.4, -0.2) is 54.7 Å². The van der Waals surface area contributed by atoms with Gasteiger partial charge in [0.05, 0.1) is 18.4 Å². The van der Waals surface area contributed by atoms with Gasteiger partial charge in [-0.1, -0.05) is 47.1 Å². The summed E-state index contributed by atoms with van der Waals surface area (Å²) in [6.45, 7) is 1.79. The van der Waals surface area contributed by atoms with Crippen molar-refractivity contribution in [2.45, 2.75) is 25.2 Å². The van der Waals surface area contributed by atoms with Crippen LogP contribution >= 0.6 is 11.6 Å². The Morgan fingerprint density at radius 1 is 1.32 bits per heavy atom. The molecule has 0 spiro atoms. The van der Waals surface area contributed by atoms with Gasteiger partial charge in [0.15, 0.2) is 0 Å². The molecule has 0 radical (unpaired) electrons. The van der Waals surface area contributed by atoms with Gasteiger partial charge in [-0.05, 0) is 23.8 Å². The van der Waals surface area contributed by atoms with Crippen molar-refractivity contribution in [1.82, 2.24) is 4.90 Å². The molecule has 0 aliphatic carbocycles. The van der Waals surface area contributed by atoms with Gasteiger partial charge in [0.2, 0.25) is 0 Å². The van der Waals surface area contributed by atoms with E-state index < -0.39 is 6.10 Å². The van der Waals surface area contributed by atoms with Gasteiger partial charge in [0.1, 0.15) is 11.9 Å². The van der Waals surface area contributed by atoms with Crippen molar-refractivity contribution in [3.05, 3.63) is 70.5 Å². The number of oxime groups is 1. The minimum Gasteiger partial charge on any atom is -0.390 e. The molecule has 1 heterocycles. The first-order chi connectivity index (χ1) is 13.5. The van der Waals surface area contributed by atoms with Gasteiger partial charge < -0.3 is 14.7 Å². The maximum atomic E-state index is 14.0. The highest BCUT2D eigenvalue weighted by molar-refractivity contribution is 6.30. The molecule has 0 unspecified atom stereocenters. The van der Waals surface area contributed by atoms with E-state index >= 15 is 0 Å². The van der Waals surface area contributed by atoms with E-state index in [1.807, 2.05) is 24.3 Å². The van der Waals surface area contributed by atoms with Crippen LogP contribution < -0.4 is 0 Å². The Morgan fingerprint density at radius 3 is 2.89 bits per heavy atom. The van der Waals surface area contributed by atoms with Gasteiger partial charge >= 0.3 is 0 Å². The minimum atomic E-state index is -0.627. The van der Waals surface area contributed by atoms with Gasteiger partial charge in [-0.15, -0.1) is 0 Å². The van der Waals surface area contributed by atoms with Crippen LogP contribution in [0.1, 0.15) is 17.5 Å². The second kappa shape index (κ2) is 9.98. The molecular formula is C21H24ClFN2O3. The van der Waals surface area contributed by atoms with Gasteiger partial charge in [0, 0.05) is 43.8 Å². The largest absolute Gasteiger partial charge is 0.390 e. The molecule has 150 valence electrons. The topological polar surface area (TPSA) is 54.3 Å². The number of aliphatic hydroxyl groups excluding tert-OH is 1. The summed E-state index contributed by atoms with van der Waals surface area (Å²) >= 11 is 6.09. The first-order valence-electron chi connectivity index (χ1n) is 9.16. The maximum Gasteiger partial charge on any atom is 0.145 e. The van der Waals surface area contributed by atoms with E-state index in [4.69, 9.17) is 21.2 Å². The standard InChI is InChI=1S/C21H24ClFN2O3/c1-27-14-17(26)12-25(11-15-5-4-6-16(22)9-15)13-18-10-21(24-28-18)19-7-2-3-8-20(19)23/h2-9,17-18,26H,10-14H2,1H3/t17-,18-/m0/s1. The van der Waals surface area contributed by atoms with Gasteiger partial charge in [-0.3, -0.25) is 4.90 Å². The third kappa shape index (κ3) is 5.75. The van der Waals surface area contributed by atoms with Crippen molar-refractivity contribution < 1.29 is 19.1 Å². The Kier molecular flexibility index (Phi) is 7.39. The Bertz CT molecular complexity index is 818. The second-order valence-electron chi connectivity index (χ2n) is 6.88. The summed E-state index contributed by atoms with van der Waals surface area (Å²) in [5.41, 5.74) is 2.10. The molecule has 2 aromatic carbocycles. The molecule has 0 amide bonds. The van der Waals surface area contributed by atoms with Crippen molar-refractivity contribution in [3.8, 4) is 0 Å². The first kappa shape index (κ1) is 20.7. The summed E-state index contributed by atoms with van der Waals surface area (Å²) in [5.74, 6) is -0.309. The minimum absolute atomic E-state index is 0.219. The summed E-state index contributed by atoms with van der Waals surface area (Å²) in [6.07, 6.45) is -0.339. The van der Waals surface area contributed by atoms with E-state index in [1.54, 1.807) is 25.3 Å². The molecule has 5 nitrogen and oxygen atoms in total. The normalized spacial score (nSPS) is 17.5. The Balaban J connectivity index is 1.65. The number of aliphatic hydroxyl groups is 1. The first-order valence-corrected chi connectivity index (χ1v) is 9.54. The van der Waals surface area contributed by atoms with Crippen molar-refractivity contribution in [2.75, 3.05) is 26.8 Å². The number of halogens is 2. The zero-order valence-corrected chi connectivity index (χ0v) is 16.5. The second-order valence-corrected chi connectivity index (χ2v) is 7.32. The quantitative estimate of drug-likeness (QED) is 0.692. The molecule has 0 fully saturated rings. The smallest absolute Gasteiger partial charge is 0.145 e. The molecule has 0 saturated heterocycles. The third-order valence-electron chi connectivity index (χ3n) is 4.50. The monoisotopic (exact) mass is 406 g/mol. The molecule has 0 aromatic heterocycles. The van der Waals surface area contributed by atoms with E-state index in [1.165, 1.54) is 6.07 Å². The molecule has 1 aliphatic heterocycles. The average molecular weight is 407 g/mol. The van der Waals surface area contributed by atoms with Crippen LogP contribution in [0.3, 0.4) is 0 Å². The fourth-order valence-electron chi connectivity index (χ4n) is 3.31. The molecule has 2 aromatic rings. The lowest BCUT2D eigenvalue weighted by Gasteiger charge is -2.26. The van der Waals surface area contributed by atoms with Gasteiger partial charge in [-0.25, -0.2) is 4.39 Å². The van der Waals surface area contributed by atoms with Crippen LogP contribution in [0, 0.1) is 5.82 Å². The zero-order chi connectivity index (χ0) is 19.9. The van der Waals surface area contributed by atoms with Crippen molar-refractivity contribution in [3.63, 3.8) is 0 Å². The average Bonchev–Trinajstić information content (AvgIpc) is 3.10. The highest BCUT2D eigenvalue weighted by atomic mass is 35.5. The van der Waals surface area contributed by atoms with Crippen LogP contribution in [-0.2, 0) is 16.1 Å². The predicted molar refractivity (Wildman–Crippen MR) is 107 cm³/mol. The number of ether oxygens (including phenoxy) is 1. The third-order valence-corrected chi connectivity index (χ3v) is 4.74. The number of rotatable bonds is 9. The Hall–Kier alpha value is -1.99. The van der Waals surface area contributed by atoms with Crippen molar-refractivity contribution in [1.29, 1.82) is 0 Å². The van der Waals surface area contributed by atoms with Crippen LogP contribution in [0.25, 0.3) is 0 Å². The van der Waals surface area contributed by atoms with Crippen molar-refractivity contribution in [2.24, 2.45) is 5.16 Å². The van der Waals surface area contributed by atoms with E-state index in [9.17, 15) is 9.50 Å². The molecule has 1 aliphatic rings. The molecule has 7 heteroatoms. The lowest BCUT2D eigenvalue weighted by Crippen LogP contribution is -2.39. The number of nitrogens with zero attached hydrogens (tertiary/aromatic N) is 2. The molecule has 0 saturated carbocycles. The molecule has 0 bridgehead atoms. The lowest BCUT2D eigenvalue weighted by atomic mass is 10.0. The molecular weight excluding hydrogens is 383 g/mol. The van der Waals surface area contributed by atoms with E-state index in [-0.39, 0.29) is 18.5 Å². The van der Waals surface area contributed by atoms with E-state index in [0.717, 1.165) is 5.56 Å². The van der Waals surface area contributed by atoms with Gasteiger partial charge in [-0.2, -0.15) is 0 Å². The SMILES string of the molecule is COC[C@@H](O)CN(Cc1cccc(Cl)c1)C[C@@H]1CC(c2ccccc2F)=NO1. The summed E-state index contributed by atoms with van der Waals surface area (Å²) in [4.78, 5) is 7.62.